The number of carbonyl (C=O) groups is 1. The molecule has 2 aromatic heterocycles. The van der Waals surface area contributed by atoms with E-state index in [-0.39, 0.29) is 6.61 Å². The molecule has 0 spiro atoms. The Morgan fingerprint density at radius 3 is 2.38 bits per heavy atom. The number of halogens is 1. The van der Waals surface area contributed by atoms with Gasteiger partial charge < -0.3 is 10.2 Å². The summed E-state index contributed by atoms with van der Waals surface area (Å²) in [4.78, 5) is 17.7. The highest BCUT2D eigenvalue weighted by atomic mass is 79.9. The summed E-state index contributed by atoms with van der Waals surface area (Å²) in [5.74, 6) is 0. The van der Waals surface area contributed by atoms with Crippen molar-refractivity contribution in [2.24, 2.45) is 0 Å². The number of rotatable bonds is 3. The number of aliphatic hydroxyl groups is 1. The Bertz CT molecular complexity index is 959. The van der Waals surface area contributed by atoms with Gasteiger partial charge in [0.1, 0.15) is 5.65 Å². The maximum absolute atomic E-state index is 11.7. The lowest BCUT2D eigenvalue weighted by atomic mass is 10.1. The molecule has 0 aliphatic heterocycles. The van der Waals surface area contributed by atoms with Crippen LogP contribution in [-0.2, 0) is 6.61 Å². The van der Waals surface area contributed by atoms with Crippen molar-refractivity contribution in [2.75, 3.05) is 4.90 Å². The van der Waals surface area contributed by atoms with E-state index >= 15 is 0 Å². The first-order valence-corrected chi connectivity index (χ1v) is 8.92. The van der Waals surface area contributed by atoms with Crippen molar-refractivity contribution in [1.82, 2.24) is 9.38 Å². The Morgan fingerprint density at radius 2 is 1.85 bits per heavy atom. The summed E-state index contributed by atoms with van der Waals surface area (Å²) in [6.45, 7) is 5.29. The Labute approximate surface area is 159 Å². The average molecular weight is 418 g/mol. The highest BCUT2D eigenvalue weighted by Crippen LogP contribution is 2.29. The van der Waals surface area contributed by atoms with Crippen molar-refractivity contribution in [2.45, 2.75) is 32.9 Å². The summed E-state index contributed by atoms with van der Waals surface area (Å²) in [6.07, 6.45) is 0.672. The van der Waals surface area contributed by atoms with Crippen molar-refractivity contribution in [3.05, 3.63) is 52.8 Å². The molecule has 0 aliphatic carbocycles. The highest BCUT2D eigenvalue weighted by Gasteiger charge is 2.28. The Hall–Kier alpha value is -2.38. The number of imidazole rings is 1. The van der Waals surface area contributed by atoms with Crippen LogP contribution in [-0.4, -0.2) is 31.2 Å². The molecule has 26 heavy (non-hydrogen) atoms. The molecule has 0 saturated carbocycles. The van der Waals surface area contributed by atoms with Gasteiger partial charge in [-0.15, -0.1) is 0 Å². The monoisotopic (exact) mass is 417 g/mol. The van der Waals surface area contributed by atoms with Gasteiger partial charge in [0.05, 0.1) is 23.7 Å². The van der Waals surface area contributed by atoms with Crippen molar-refractivity contribution in [1.29, 1.82) is 0 Å². The van der Waals surface area contributed by atoms with Crippen molar-refractivity contribution in [3.8, 4) is 11.3 Å². The molecule has 1 amide bonds. The number of hydrogen-bond acceptors (Lipinski definition) is 3. The van der Waals surface area contributed by atoms with Crippen LogP contribution in [0.25, 0.3) is 16.9 Å². The van der Waals surface area contributed by atoms with E-state index in [1.165, 1.54) is 4.90 Å². The third kappa shape index (κ3) is 3.32. The summed E-state index contributed by atoms with van der Waals surface area (Å²) >= 11 is 3.41. The third-order valence-corrected chi connectivity index (χ3v) is 4.62. The second-order valence-corrected chi connectivity index (χ2v) is 7.89. The van der Waals surface area contributed by atoms with Gasteiger partial charge in [0.15, 0.2) is 0 Å². The Morgan fingerprint density at radius 1 is 1.19 bits per heavy atom. The van der Waals surface area contributed by atoms with Crippen LogP contribution in [0.4, 0.5) is 10.5 Å². The molecule has 1 aromatic carbocycles. The highest BCUT2D eigenvalue weighted by molar-refractivity contribution is 9.10. The standard InChI is InChI=1S/C19H20BrN3O3/c1-19(2,3)23(18(25)26)14-8-9-16-21-17(15(11-24)22(16)10-14)12-4-6-13(20)7-5-12/h4-10,24H,11H2,1-3H3,(H,25,26). The van der Waals surface area contributed by atoms with E-state index in [1.807, 2.05) is 45.0 Å². The van der Waals surface area contributed by atoms with Gasteiger partial charge in [-0.25, -0.2) is 9.78 Å². The normalized spacial score (nSPS) is 11.7. The number of pyridine rings is 1. The zero-order chi connectivity index (χ0) is 19.1. The zero-order valence-corrected chi connectivity index (χ0v) is 16.4. The summed E-state index contributed by atoms with van der Waals surface area (Å²) in [5.41, 5.74) is 2.74. The minimum absolute atomic E-state index is 0.210. The fourth-order valence-corrected chi connectivity index (χ4v) is 3.25. The molecule has 0 atom stereocenters. The van der Waals surface area contributed by atoms with Gasteiger partial charge in [0.2, 0.25) is 0 Å². The summed E-state index contributed by atoms with van der Waals surface area (Å²) < 4.78 is 2.70. The third-order valence-electron chi connectivity index (χ3n) is 4.09. The maximum atomic E-state index is 11.7. The van der Waals surface area contributed by atoms with E-state index in [9.17, 15) is 15.0 Å². The average Bonchev–Trinajstić information content (AvgIpc) is 2.91. The lowest BCUT2D eigenvalue weighted by Gasteiger charge is -2.33. The minimum atomic E-state index is -1.03. The van der Waals surface area contributed by atoms with Crippen LogP contribution in [0.1, 0.15) is 26.5 Å². The minimum Gasteiger partial charge on any atom is -0.465 e. The van der Waals surface area contributed by atoms with Gasteiger partial charge in [-0.3, -0.25) is 9.30 Å². The van der Waals surface area contributed by atoms with E-state index in [0.717, 1.165) is 10.0 Å². The van der Waals surface area contributed by atoms with Crippen molar-refractivity contribution < 1.29 is 15.0 Å². The fourth-order valence-electron chi connectivity index (χ4n) is 2.99. The molecule has 2 N–H and O–H groups in total. The number of benzene rings is 1. The van der Waals surface area contributed by atoms with Crippen LogP contribution in [0, 0.1) is 0 Å². The number of hydrogen-bond donors (Lipinski definition) is 2. The summed E-state index contributed by atoms with van der Waals surface area (Å²) in [7, 11) is 0. The van der Waals surface area contributed by atoms with Gasteiger partial charge >= 0.3 is 6.09 Å². The number of fused-ring (bicyclic) bond motifs is 1. The van der Waals surface area contributed by atoms with Crippen LogP contribution >= 0.6 is 15.9 Å². The first kappa shape index (κ1) is 18.4. The molecule has 0 aliphatic rings. The second-order valence-electron chi connectivity index (χ2n) is 6.98. The second kappa shape index (κ2) is 6.74. The van der Waals surface area contributed by atoms with Crippen LogP contribution in [0.5, 0.6) is 0 Å². The van der Waals surface area contributed by atoms with E-state index < -0.39 is 11.6 Å². The lowest BCUT2D eigenvalue weighted by molar-refractivity contribution is 0.195. The van der Waals surface area contributed by atoms with E-state index in [1.54, 1.807) is 22.7 Å². The number of carboxylic acid groups (broad SMARTS) is 1. The van der Waals surface area contributed by atoms with Gasteiger partial charge in [-0.05, 0) is 45.0 Å². The molecular weight excluding hydrogens is 398 g/mol. The smallest absolute Gasteiger partial charge is 0.412 e. The molecule has 0 bridgehead atoms. The number of nitrogens with zero attached hydrogens (tertiary/aromatic N) is 3. The van der Waals surface area contributed by atoms with Gasteiger partial charge in [0.25, 0.3) is 0 Å². The molecule has 136 valence electrons. The van der Waals surface area contributed by atoms with Gasteiger partial charge in [-0.1, -0.05) is 28.1 Å². The number of aromatic nitrogens is 2. The van der Waals surface area contributed by atoms with Crippen molar-refractivity contribution >= 4 is 33.4 Å². The van der Waals surface area contributed by atoms with Crippen LogP contribution in [0.15, 0.2) is 47.1 Å². The first-order valence-electron chi connectivity index (χ1n) is 8.13. The van der Waals surface area contributed by atoms with E-state index in [0.29, 0.717) is 22.7 Å². The quantitative estimate of drug-likeness (QED) is 0.655. The molecule has 0 radical (unpaired) electrons. The van der Waals surface area contributed by atoms with Crippen LogP contribution < -0.4 is 4.90 Å². The molecule has 0 saturated heterocycles. The summed E-state index contributed by atoms with van der Waals surface area (Å²) in [5, 5.41) is 19.5. The van der Waals surface area contributed by atoms with Crippen molar-refractivity contribution in [3.63, 3.8) is 0 Å². The zero-order valence-electron chi connectivity index (χ0n) is 14.8. The molecular formula is C19H20BrN3O3. The predicted molar refractivity (Wildman–Crippen MR) is 105 cm³/mol. The molecule has 3 rings (SSSR count). The number of amides is 1. The first-order chi connectivity index (χ1) is 12.2. The SMILES string of the molecule is CC(C)(C)N(C(=O)O)c1ccc2nc(-c3ccc(Br)cc3)c(CO)n2c1. The van der Waals surface area contributed by atoms with E-state index in [4.69, 9.17) is 0 Å². The molecule has 6 nitrogen and oxygen atoms in total. The summed E-state index contributed by atoms with van der Waals surface area (Å²) in [6, 6.07) is 11.2. The van der Waals surface area contributed by atoms with Crippen LogP contribution in [0.3, 0.4) is 0 Å². The lowest BCUT2D eigenvalue weighted by Crippen LogP contribution is -2.45. The molecule has 0 unspecified atom stereocenters. The molecule has 0 fully saturated rings. The number of anilines is 1. The topological polar surface area (TPSA) is 78.1 Å². The molecule has 2 heterocycles. The van der Waals surface area contributed by atoms with Gasteiger partial charge in [0, 0.05) is 21.8 Å². The fraction of sp³-hybridized carbons (Fsp3) is 0.263. The largest absolute Gasteiger partial charge is 0.465 e. The maximum Gasteiger partial charge on any atom is 0.412 e. The Kier molecular flexibility index (Phi) is 4.77. The molecule has 7 heteroatoms. The van der Waals surface area contributed by atoms with Crippen LogP contribution in [0.2, 0.25) is 0 Å². The number of aliphatic hydroxyl groups excluding tert-OH is 1. The Balaban J connectivity index is 2.18. The predicted octanol–water partition coefficient (Wildman–Crippen LogP) is 4.54. The molecule has 3 aromatic rings. The van der Waals surface area contributed by atoms with E-state index in [2.05, 4.69) is 20.9 Å². The van der Waals surface area contributed by atoms with Gasteiger partial charge in [-0.2, -0.15) is 0 Å².